The van der Waals surface area contributed by atoms with Crippen molar-refractivity contribution in [2.75, 3.05) is 18.4 Å². The lowest BCUT2D eigenvalue weighted by Crippen LogP contribution is -2.43. The second-order valence-corrected chi connectivity index (χ2v) is 7.00. The molecule has 1 aromatic carbocycles. The van der Waals surface area contributed by atoms with Gasteiger partial charge in [-0.2, -0.15) is 0 Å². The van der Waals surface area contributed by atoms with Crippen molar-refractivity contribution < 1.29 is 10.0 Å². The molecule has 158 valence electrons. The van der Waals surface area contributed by atoms with Gasteiger partial charge in [0.2, 0.25) is 0 Å². The van der Waals surface area contributed by atoms with Gasteiger partial charge in [0.05, 0.1) is 23.6 Å². The third kappa shape index (κ3) is 6.40. The van der Waals surface area contributed by atoms with Gasteiger partial charge in [-0.15, -0.1) is 24.8 Å². The number of aryl methyl sites for hydroxylation is 1. The average Bonchev–Trinajstić information content (AvgIpc) is 3.13. The zero-order valence-corrected chi connectivity index (χ0v) is 18.1. The molecule has 1 aliphatic rings. The highest BCUT2D eigenvalue weighted by molar-refractivity contribution is 5.90. The summed E-state index contributed by atoms with van der Waals surface area (Å²) >= 11 is 0. The lowest BCUT2D eigenvalue weighted by molar-refractivity contribution is -0.124. The maximum atomic E-state index is 11.0. The van der Waals surface area contributed by atoms with Gasteiger partial charge in [-0.25, -0.2) is 10.5 Å². The molecule has 3 rings (SSSR count). The summed E-state index contributed by atoms with van der Waals surface area (Å²) in [5.41, 5.74) is 5.94. The van der Waals surface area contributed by atoms with E-state index in [9.17, 15) is 4.79 Å². The van der Waals surface area contributed by atoms with Gasteiger partial charge in [0.1, 0.15) is 5.82 Å². The Bertz CT molecular complexity index is 837. The molecule has 0 radical (unpaired) electrons. The summed E-state index contributed by atoms with van der Waals surface area (Å²) in [5, 5.41) is 15.5. The third-order valence-corrected chi connectivity index (χ3v) is 5.07. The van der Waals surface area contributed by atoms with Crippen molar-refractivity contribution in [1.82, 2.24) is 20.8 Å². The summed E-state index contributed by atoms with van der Waals surface area (Å²) in [6.07, 6.45) is 7.86. The van der Waals surface area contributed by atoms with Gasteiger partial charge in [-0.1, -0.05) is 18.2 Å². The van der Waals surface area contributed by atoms with Crippen molar-refractivity contribution in [3.8, 4) is 0 Å². The molecule has 7 nitrogen and oxygen atoms in total. The molecule has 0 spiro atoms. The Hall–Kier alpha value is -2.19. The van der Waals surface area contributed by atoms with Crippen LogP contribution in [0.5, 0.6) is 0 Å². The minimum absolute atomic E-state index is 0. The van der Waals surface area contributed by atoms with Crippen molar-refractivity contribution in [2.24, 2.45) is 0 Å². The maximum Gasteiger partial charge on any atom is 0.267 e. The van der Waals surface area contributed by atoms with Gasteiger partial charge in [-0.05, 0) is 56.0 Å². The monoisotopic (exact) mass is 439 g/mol. The molecule has 2 heterocycles. The Kier molecular flexibility index (Phi) is 9.52. The van der Waals surface area contributed by atoms with Crippen LogP contribution in [0, 0.1) is 13.8 Å². The van der Waals surface area contributed by atoms with Crippen LogP contribution in [0.4, 0.5) is 5.82 Å². The highest BCUT2D eigenvalue weighted by Crippen LogP contribution is 2.27. The van der Waals surface area contributed by atoms with E-state index in [0.29, 0.717) is 11.5 Å². The molecule has 1 atom stereocenters. The molecule has 4 N–H and O–H groups in total. The van der Waals surface area contributed by atoms with Gasteiger partial charge in [0, 0.05) is 12.6 Å². The number of carbonyl (C=O) groups excluding carboxylic acids is 1. The van der Waals surface area contributed by atoms with Crippen LogP contribution >= 0.6 is 24.8 Å². The van der Waals surface area contributed by atoms with Gasteiger partial charge in [0.25, 0.3) is 5.91 Å². The summed E-state index contributed by atoms with van der Waals surface area (Å²) in [6.45, 7) is 6.13. The summed E-state index contributed by atoms with van der Waals surface area (Å²) < 4.78 is 0. The van der Waals surface area contributed by atoms with Crippen molar-refractivity contribution in [2.45, 2.75) is 32.2 Å². The molecule has 1 amide bonds. The van der Waals surface area contributed by atoms with Crippen LogP contribution < -0.4 is 16.1 Å². The van der Waals surface area contributed by atoms with E-state index in [1.54, 1.807) is 12.4 Å². The first kappa shape index (κ1) is 24.8. The van der Waals surface area contributed by atoms with Crippen LogP contribution in [-0.2, 0) is 11.2 Å². The van der Waals surface area contributed by atoms with E-state index >= 15 is 0 Å². The van der Waals surface area contributed by atoms with E-state index in [2.05, 4.69) is 52.6 Å². The van der Waals surface area contributed by atoms with E-state index in [0.717, 1.165) is 25.9 Å². The van der Waals surface area contributed by atoms with Gasteiger partial charge < -0.3 is 10.6 Å². The Morgan fingerprint density at radius 3 is 2.69 bits per heavy atom. The fraction of sp³-hybridized carbons (Fsp3) is 0.350. The fourth-order valence-corrected chi connectivity index (χ4v) is 3.37. The van der Waals surface area contributed by atoms with E-state index in [-0.39, 0.29) is 30.4 Å². The molecule has 0 aliphatic carbocycles. The second-order valence-electron chi connectivity index (χ2n) is 7.00. The Morgan fingerprint density at radius 2 is 2.07 bits per heavy atom. The van der Waals surface area contributed by atoms with Crippen LogP contribution in [-0.4, -0.2) is 39.7 Å². The number of carbonyl (C=O) groups is 1. The first-order valence-electron chi connectivity index (χ1n) is 8.99. The number of nitrogens with one attached hydrogen (secondary N) is 3. The second kappa shape index (κ2) is 11.1. The lowest BCUT2D eigenvalue weighted by Gasteiger charge is -2.31. The number of amides is 1. The molecule has 0 unspecified atom stereocenters. The zero-order chi connectivity index (χ0) is 19.3. The molecule has 1 saturated heterocycles. The third-order valence-electron chi connectivity index (χ3n) is 5.07. The van der Waals surface area contributed by atoms with Crippen LogP contribution in [0.1, 0.15) is 28.8 Å². The Morgan fingerprint density at radius 1 is 1.28 bits per heavy atom. The van der Waals surface area contributed by atoms with Crippen molar-refractivity contribution in [3.63, 3.8) is 0 Å². The van der Waals surface area contributed by atoms with Crippen molar-refractivity contribution in [3.05, 3.63) is 59.1 Å². The average molecular weight is 440 g/mol. The molecule has 1 aromatic heterocycles. The number of aromatic nitrogens is 2. The first-order chi connectivity index (χ1) is 13.0. The smallest absolute Gasteiger partial charge is 0.267 e. The molecule has 29 heavy (non-hydrogen) atoms. The van der Waals surface area contributed by atoms with E-state index in [1.807, 2.05) is 0 Å². The van der Waals surface area contributed by atoms with Crippen molar-refractivity contribution >= 4 is 42.6 Å². The lowest BCUT2D eigenvalue weighted by atomic mass is 9.87. The Balaban J connectivity index is 0.00000210. The predicted molar refractivity (Wildman–Crippen MR) is 119 cm³/mol. The number of rotatable bonds is 6. The molecule has 0 bridgehead atoms. The number of halogens is 2. The predicted octanol–water partition coefficient (Wildman–Crippen LogP) is 2.84. The van der Waals surface area contributed by atoms with Gasteiger partial charge in [0.15, 0.2) is 0 Å². The van der Waals surface area contributed by atoms with Crippen LogP contribution in [0.25, 0.3) is 6.08 Å². The summed E-state index contributed by atoms with van der Waals surface area (Å²) in [5.74, 6) is 0.0938. The van der Waals surface area contributed by atoms with Crippen molar-refractivity contribution in [1.29, 1.82) is 0 Å². The number of benzene rings is 1. The van der Waals surface area contributed by atoms with Gasteiger partial charge >= 0.3 is 0 Å². The molecule has 0 saturated carbocycles. The normalized spacial score (nSPS) is 18.0. The van der Waals surface area contributed by atoms with E-state index < -0.39 is 5.91 Å². The highest BCUT2D eigenvalue weighted by atomic mass is 35.5. The van der Waals surface area contributed by atoms with E-state index in [1.165, 1.54) is 34.3 Å². The molecule has 9 heteroatoms. The first-order valence-corrected chi connectivity index (χ1v) is 8.99. The Labute approximate surface area is 183 Å². The number of hydrogen-bond donors (Lipinski definition) is 4. The van der Waals surface area contributed by atoms with E-state index in [4.69, 9.17) is 5.21 Å². The number of anilines is 1. The number of hydrogen-bond acceptors (Lipinski definition) is 6. The maximum absolute atomic E-state index is 11.0. The number of hydroxylamine groups is 1. The van der Waals surface area contributed by atoms with Crippen LogP contribution in [0.15, 0.2) is 36.7 Å². The number of nitrogens with zero attached hydrogens (tertiary/aromatic N) is 2. The molecular weight excluding hydrogens is 413 g/mol. The molecular formula is C20H27Cl2N5O2. The summed E-state index contributed by atoms with van der Waals surface area (Å²) in [7, 11) is 0. The summed E-state index contributed by atoms with van der Waals surface area (Å²) in [6, 6.07) is 6.44. The standard InChI is InChI=1S/C20H25N5O2.2ClH/c1-14-4-3-5-16(15(14)2)10-20(8-9-21-13-20)24-18-12-22-17(11-23-18)6-7-19(26)25-27;;/h3-7,11-12,21,27H,8-10,13H2,1-2H3,(H,23,24)(H,25,26);2*1H/b7-6+;;/t20-;;/m0../s1. The van der Waals surface area contributed by atoms with Crippen LogP contribution in [0.2, 0.25) is 0 Å². The topological polar surface area (TPSA) is 99.2 Å². The zero-order valence-electron chi connectivity index (χ0n) is 16.4. The molecule has 2 aromatic rings. The molecule has 1 aliphatic heterocycles. The summed E-state index contributed by atoms with van der Waals surface area (Å²) in [4.78, 5) is 19.8. The van der Waals surface area contributed by atoms with Gasteiger partial charge in [-0.3, -0.25) is 15.0 Å². The largest absolute Gasteiger partial charge is 0.362 e. The SMILES string of the molecule is Cc1cccc(C[C@@]2(Nc3cnc(/C=C/C(=O)NO)cn3)CCNC2)c1C.Cl.Cl. The molecule has 1 fully saturated rings. The minimum Gasteiger partial charge on any atom is -0.362 e. The van der Waals surface area contributed by atoms with Crippen LogP contribution in [0.3, 0.4) is 0 Å². The minimum atomic E-state index is -0.608. The highest BCUT2D eigenvalue weighted by Gasteiger charge is 2.34. The fourth-order valence-electron chi connectivity index (χ4n) is 3.37. The quantitative estimate of drug-likeness (QED) is 0.313.